The summed E-state index contributed by atoms with van der Waals surface area (Å²) in [5.74, 6) is -1.04. The Morgan fingerprint density at radius 2 is 1.93 bits per heavy atom. The zero-order valence-electron chi connectivity index (χ0n) is 15.7. The van der Waals surface area contributed by atoms with E-state index in [2.05, 4.69) is 5.10 Å². The molecule has 1 amide bonds. The van der Waals surface area contributed by atoms with Gasteiger partial charge in [0.25, 0.3) is 5.91 Å². The minimum absolute atomic E-state index is 0.131. The van der Waals surface area contributed by atoms with E-state index in [9.17, 15) is 19.7 Å². The average Bonchev–Trinajstić information content (AvgIpc) is 2.89. The zero-order valence-corrected chi connectivity index (χ0v) is 15.7. The minimum atomic E-state index is -0.996. The van der Waals surface area contributed by atoms with Crippen molar-refractivity contribution in [3.63, 3.8) is 0 Å². The largest absolute Gasteiger partial charge is 0.451 e. The van der Waals surface area contributed by atoms with Crippen LogP contribution in [0.2, 0.25) is 0 Å². The van der Waals surface area contributed by atoms with E-state index in [4.69, 9.17) is 4.74 Å². The maximum absolute atomic E-state index is 12.6. The lowest BCUT2D eigenvalue weighted by molar-refractivity contribution is -0.386. The Bertz CT molecular complexity index is 847. The number of rotatable bonds is 7. The molecule has 1 aromatic heterocycles. The molecule has 2 rings (SSSR count). The SMILES string of the molecule is CCN(C(=O)[C@@H](C)OC(=O)Cn1nc(C)c([N+](=O)[O-])c1C)c1ccccc1. The highest BCUT2D eigenvalue weighted by atomic mass is 16.6. The third-order valence-corrected chi connectivity index (χ3v) is 4.11. The Labute approximate surface area is 156 Å². The predicted molar refractivity (Wildman–Crippen MR) is 98.4 cm³/mol. The average molecular weight is 374 g/mol. The Balaban J connectivity index is 2.06. The lowest BCUT2D eigenvalue weighted by atomic mass is 10.2. The second-order valence-corrected chi connectivity index (χ2v) is 5.98. The molecule has 0 aliphatic carbocycles. The fourth-order valence-electron chi connectivity index (χ4n) is 2.81. The van der Waals surface area contributed by atoms with Crippen LogP contribution in [-0.4, -0.2) is 39.2 Å². The van der Waals surface area contributed by atoms with Crippen LogP contribution >= 0.6 is 0 Å². The first-order valence-corrected chi connectivity index (χ1v) is 8.50. The number of likely N-dealkylation sites (N-methyl/N-ethyl adjacent to an activating group) is 1. The van der Waals surface area contributed by atoms with Gasteiger partial charge in [-0.15, -0.1) is 0 Å². The highest BCUT2D eigenvalue weighted by Gasteiger charge is 2.26. The summed E-state index contributed by atoms with van der Waals surface area (Å²) in [6.45, 7) is 6.44. The smallest absolute Gasteiger partial charge is 0.328 e. The van der Waals surface area contributed by atoms with E-state index >= 15 is 0 Å². The van der Waals surface area contributed by atoms with Crippen LogP contribution in [0.15, 0.2) is 30.3 Å². The number of aryl methyl sites for hydroxylation is 1. The molecule has 0 aliphatic rings. The Morgan fingerprint density at radius 1 is 1.30 bits per heavy atom. The first-order chi connectivity index (χ1) is 12.8. The quantitative estimate of drug-likeness (QED) is 0.418. The topological polar surface area (TPSA) is 108 Å². The molecule has 144 valence electrons. The Hall–Kier alpha value is -3.23. The number of anilines is 1. The third-order valence-electron chi connectivity index (χ3n) is 4.11. The van der Waals surface area contributed by atoms with Gasteiger partial charge in [-0.05, 0) is 39.8 Å². The van der Waals surface area contributed by atoms with E-state index in [1.807, 2.05) is 25.1 Å². The summed E-state index contributed by atoms with van der Waals surface area (Å²) < 4.78 is 6.43. The summed E-state index contributed by atoms with van der Waals surface area (Å²) in [4.78, 5) is 36.8. The highest BCUT2D eigenvalue weighted by Crippen LogP contribution is 2.22. The van der Waals surface area contributed by atoms with E-state index < -0.39 is 17.0 Å². The molecule has 0 unspecified atom stereocenters. The second kappa shape index (κ2) is 8.43. The van der Waals surface area contributed by atoms with Crippen LogP contribution in [0.1, 0.15) is 25.2 Å². The van der Waals surface area contributed by atoms with Gasteiger partial charge in [-0.2, -0.15) is 5.10 Å². The number of esters is 1. The number of para-hydroxylation sites is 1. The molecule has 0 radical (unpaired) electrons. The first-order valence-electron chi connectivity index (χ1n) is 8.50. The summed E-state index contributed by atoms with van der Waals surface area (Å²) in [7, 11) is 0. The molecule has 2 aromatic rings. The van der Waals surface area contributed by atoms with Gasteiger partial charge in [0, 0.05) is 12.2 Å². The number of nitro groups is 1. The van der Waals surface area contributed by atoms with Crippen LogP contribution in [-0.2, 0) is 20.9 Å². The van der Waals surface area contributed by atoms with Gasteiger partial charge in [-0.3, -0.25) is 24.4 Å². The third kappa shape index (κ3) is 4.49. The maximum atomic E-state index is 12.6. The highest BCUT2D eigenvalue weighted by molar-refractivity contribution is 5.97. The van der Waals surface area contributed by atoms with Gasteiger partial charge in [0.1, 0.15) is 17.9 Å². The summed E-state index contributed by atoms with van der Waals surface area (Å²) in [6.07, 6.45) is -0.996. The number of carbonyl (C=O) groups excluding carboxylic acids is 2. The fourth-order valence-corrected chi connectivity index (χ4v) is 2.81. The molecule has 0 aliphatic heterocycles. The molecule has 1 heterocycles. The van der Waals surface area contributed by atoms with E-state index in [0.717, 1.165) is 0 Å². The van der Waals surface area contributed by atoms with Crippen LogP contribution < -0.4 is 4.90 Å². The van der Waals surface area contributed by atoms with Gasteiger partial charge in [0.15, 0.2) is 6.10 Å². The Morgan fingerprint density at radius 3 is 2.44 bits per heavy atom. The van der Waals surface area contributed by atoms with Crippen molar-refractivity contribution in [3.8, 4) is 0 Å². The molecule has 1 aromatic carbocycles. The van der Waals surface area contributed by atoms with Gasteiger partial charge in [0.2, 0.25) is 0 Å². The molecule has 0 spiro atoms. The molecular formula is C18H22N4O5. The van der Waals surface area contributed by atoms with Crippen molar-refractivity contribution >= 4 is 23.3 Å². The number of amides is 1. The molecule has 9 heteroatoms. The minimum Gasteiger partial charge on any atom is -0.451 e. The molecule has 9 nitrogen and oxygen atoms in total. The first kappa shape index (κ1) is 20.1. The molecule has 27 heavy (non-hydrogen) atoms. The molecule has 0 bridgehead atoms. The number of carbonyl (C=O) groups is 2. The van der Waals surface area contributed by atoms with Crippen molar-refractivity contribution in [1.82, 2.24) is 9.78 Å². The standard InChI is InChI=1S/C18H22N4O5/c1-5-20(15-9-7-6-8-10-15)18(24)14(4)27-16(23)11-21-13(3)17(22(25)26)12(2)19-21/h6-10,14H,5,11H2,1-4H3/t14-/m1/s1. The molecule has 0 saturated carbocycles. The van der Waals surface area contributed by atoms with Gasteiger partial charge >= 0.3 is 11.7 Å². The molecule has 1 atom stereocenters. The number of ether oxygens (including phenoxy) is 1. The monoisotopic (exact) mass is 374 g/mol. The van der Waals surface area contributed by atoms with Crippen LogP contribution in [0.5, 0.6) is 0 Å². The van der Waals surface area contributed by atoms with Crippen LogP contribution in [0, 0.1) is 24.0 Å². The van der Waals surface area contributed by atoms with Gasteiger partial charge < -0.3 is 9.64 Å². The number of hydrogen-bond acceptors (Lipinski definition) is 6. The summed E-state index contributed by atoms with van der Waals surface area (Å²) in [5, 5.41) is 15.0. The normalized spacial score (nSPS) is 11.7. The van der Waals surface area contributed by atoms with Crippen molar-refractivity contribution in [1.29, 1.82) is 0 Å². The van der Waals surface area contributed by atoms with Gasteiger partial charge in [0.05, 0.1) is 4.92 Å². The number of hydrogen-bond donors (Lipinski definition) is 0. The van der Waals surface area contributed by atoms with Crippen molar-refractivity contribution in [2.45, 2.75) is 40.3 Å². The molecule has 0 N–H and O–H groups in total. The summed E-state index contributed by atoms with van der Waals surface area (Å²) >= 11 is 0. The van der Waals surface area contributed by atoms with E-state index in [0.29, 0.717) is 12.2 Å². The van der Waals surface area contributed by atoms with Gasteiger partial charge in [-0.25, -0.2) is 0 Å². The van der Waals surface area contributed by atoms with Crippen molar-refractivity contribution in [3.05, 3.63) is 51.8 Å². The van der Waals surface area contributed by atoms with Crippen LogP contribution in [0.25, 0.3) is 0 Å². The van der Waals surface area contributed by atoms with Crippen molar-refractivity contribution in [2.75, 3.05) is 11.4 Å². The number of aromatic nitrogens is 2. The predicted octanol–water partition coefficient (Wildman–Crippen LogP) is 2.39. The van der Waals surface area contributed by atoms with E-state index in [1.165, 1.54) is 30.4 Å². The lowest BCUT2D eigenvalue weighted by Crippen LogP contribution is -2.40. The number of benzene rings is 1. The van der Waals surface area contributed by atoms with Gasteiger partial charge in [-0.1, -0.05) is 18.2 Å². The molecule has 0 fully saturated rings. The maximum Gasteiger partial charge on any atom is 0.328 e. The Kier molecular flexibility index (Phi) is 6.27. The van der Waals surface area contributed by atoms with Crippen molar-refractivity contribution < 1.29 is 19.2 Å². The molecular weight excluding hydrogens is 352 g/mol. The zero-order chi connectivity index (χ0) is 20.1. The van der Waals surface area contributed by atoms with Crippen LogP contribution in [0.3, 0.4) is 0 Å². The summed E-state index contributed by atoms with van der Waals surface area (Å²) in [6, 6.07) is 9.07. The molecule has 0 saturated heterocycles. The van der Waals surface area contributed by atoms with Crippen molar-refractivity contribution in [2.24, 2.45) is 0 Å². The summed E-state index contributed by atoms with van der Waals surface area (Å²) in [5.41, 5.74) is 1.05. The lowest BCUT2D eigenvalue weighted by Gasteiger charge is -2.24. The second-order valence-electron chi connectivity index (χ2n) is 5.98. The fraction of sp³-hybridized carbons (Fsp3) is 0.389. The van der Waals surface area contributed by atoms with Crippen LogP contribution in [0.4, 0.5) is 11.4 Å². The van der Waals surface area contributed by atoms with E-state index in [-0.39, 0.29) is 29.5 Å². The van der Waals surface area contributed by atoms with E-state index in [1.54, 1.807) is 12.1 Å². The number of nitrogens with zero attached hydrogens (tertiary/aromatic N) is 4.